The van der Waals surface area contributed by atoms with Crippen LogP contribution in [0.25, 0.3) is 0 Å². The van der Waals surface area contributed by atoms with Gasteiger partial charge in [0.2, 0.25) is 0 Å². The van der Waals surface area contributed by atoms with Gasteiger partial charge in [-0.3, -0.25) is 9.78 Å². The van der Waals surface area contributed by atoms with E-state index in [4.69, 9.17) is 4.74 Å². The maximum atomic E-state index is 11.7. The van der Waals surface area contributed by atoms with Crippen LogP contribution in [-0.2, 0) is 16.0 Å². The van der Waals surface area contributed by atoms with Gasteiger partial charge in [0.1, 0.15) is 5.78 Å². The summed E-state index contributed by atoms with van der Waals surface area (Å²) >= 11 is 0. The number of carbonyl (C=O) groups excluding carboxylic acids is 1. The molecule has 98 valence electrons. The number of aromatic nitrogens is 1. The number of nitrogens with one attached hydrogen (secondary N) is 1. The highest BCUT2D eigenvalue weighted by molar-refractivity contribution is 5.80. The highest BCUT2D eigenvalue weighted by atomic mass is 16.5. The lowest BCUT2D eigenvalue weighted by Crippen LogP contribution is -2.32. The standard InChI is InChI=1S/C14H20N2O2/c17-13(11-12-1-6-15-7-2-12)5-10-18-14-3-8-16-9-4-14/h1-2,6-7,14,16H,3-5,8-11H2. The number of Topliss-reactive ketones (excluding diaryl/α,β-unsaturated/α-hetero) is 1. The fraction of sp³-hybridized carbons (Fsp3) is 0.571. The van der Waals surface area contributed by atoms with Crippen LogP contribution in [-0.4, -0.2) is 36.6 Å². The van der Waals surface area contributed by atoms with Crippen molar-refractivity contribution in [3.8, 4) is 0 Å². The first-order valence-electron chi connectivity index (χ1n) is 6.57. The fourth-order valence-corrected chi connectivity index (χ4v) is 2.12. The van der Waals surface area contributed by atoms with Gasteiger partial charge in [-0.05, 0) is 43.6 Å². The van der Waals surface area contributed by atoms with E-state index in [0.717, 1.165) is 31.5 Å². The van der Waals surface area contributed by atoms with Gasteiger partial charge in [-0.1, -0.05) is 0 Å². The summed E-state index contributed by atoms with van der Waals surface area (Å²) in [6.45, 7) is 2.60. The maximum Gasteiger partial charge on any atom is 0.139 e. The molecule has 1 aromatic heterocycles. The molecule has 0 bridgehead atoms. The molecule has 2 heterocycles. The Morgan fingerprint density at radius 1 is 1.33 bits per heavy atom. The average molecular weight is 248 g/mol. The molecule has 0 amide bonds. The summed E-state index contributed by atoms with van der Waals surface area (Å²) in [6.07, 6.45) is 6.86. The Morgan fingerprint density at radius 2 is 2.06 bits per heavy atom. The lowest BCUT2D eigenvalue weighted by molar-refractivity contribution is -0.120. The van der Waals surface area contributed by atoms with Crippen LogP contribution in [0.1, 0.15) is 24.8 Å². The van der Waals surface area contributed by atoms with Crippen molar-refractivity contribution in [1.82, 2.24) is 10.3 Å². The van der Waals surface area contributed by atoms with E-state index < -0.39 is 0 Å². The predicted molar refractivity (Wildman–Crippen MR) is 69.4 cm³/mol. The Balaban J connectivity index is 1.62. The van der Waals surface area contributed by atoms with Crippen molar-refractivity contribution in [3.63, 3.8) is 0 Å². The molecule has 0 saturated carbocycles. The lowest BCUT2D eigenvalue weighted by atomic mass is 10.1. The number of hydrogen-bond acceptors (Lipinski definition) is 4. The van der Waals surface area contributed by atoms with Crippen LogP contribution in [0.3, 0.4) is 0 Å². The fourth-order valence-electron chi connectivity index (χ4n) is 2.12. The molecule has 0 aliphatic carbocycles. The number of carbonyl (C=O) groups is 1. The molecule has 1 saturated heterocycles. The predicted octanol–water partition coefficient (Wildman–Crippen LogP) is 1.35. The molecule has 18 heavy (non-hydrogen) atoms. The van der Waals surface area contributed by atoms with Crippen LogP contribution in [0.5, 0.6) is 0 Å². The third-order valence-corrected chi connectivity index (χ3v) is 3.17. The zero-order valence-corrected chi connectivity index (χ0v) is 10.6. The summed E-state index contributed by atoms with van der Waals surface area (Å²) in [5.74, 6) is 0.232. The Morgan fingerprint density at radius 3 is 2.78 bits per heavy atom. The van der Waals surface area contributed by atoms with Gasteiger partial charge < -0.3 is 10.1 Å². The summed E-state index contributed by atoms with van der Waals surface area (Å²) in [5.41, 5.74) is 1.02. The van der Waals surface area contributed by atoms with Crippen LogP contribution < -0.4 is 5.32 Å². The van der Waals surface area contributed by atoms with Gasteiger partial charge in [0.25, 0.3) is 0 Å². The Bertz CT molecular complexity index is 361. The van der Waals surface area contributed by atoms with Crippen LogP contribution in [0.2, 0.25) is 0 Å². The number of nitrogens with zero attached hydrogens (tertiary/aromatic N) is 1. The second-order valence-electron chi connectivity index (χ2n) is 4.64. The monoisotopic (exact) mass is 248 g/mol. The molecule has 1 aliphatic heterocycles. The summed E-state index contributed by atoms with van der Waals surface area (Å²) in [4.78, 5) is 15.7. The van der Waals surface area contributed by atoms with Crippen molar-refractivity contribution >= 4 is 5.78 Å². The van der Waals surface area contributed by atoms with Gasteiger partial charge in [0.15, 0.2) is 0 Å². The zero-order valence-electron chi connectivity index (χ0n) is 10.6. The molecular formula is C14H20N2O2. The quantitative estimate of drug-likeness (QED) is 0.825. The molecule has 1 aromatic rings. The van der Waals surface area contributed by atoms with Crippen LogP contribution in [0.15, 0.2) is 24.5 Å². The van der Waals surface area contributed by atoms with E-state index in [0.29, 0.717) is 25.6 Å². The Kier molecular flexibility index (Phi) is 5.30. The average Bonchev–Trinajstić information content (AvgIpc) is 2.41. The SMILES string of the molecule is O=C(CCOC1CCNCC1)Cc1ccncc1. The smallest absolute Gasteiger partial charge is 0.139 e. The minimum atomic E-state index is 0.232. The minimum Gasteiger partial charge on any atom is -0.378 e. The van der Waals surface area contributed by atoms with E-state index in [2.05, 4.69) is 10.3 Å². The van der Waals surface area contributed by atoms with E-state index in [1.807, 2.05) is 12.1 Å². The second-order valence-corrected chi connectivity index (χ2v) is 4.64. The van der Waals surface area contributed by atoms with Gasteiger partial charge in [-0.15, -0.1) is 0 Å². The number of ether oxygens (including phenoxy) is 1. The molecule has 4 nitrogen and oxygen atoms in total. The highest BCUT2D eigenvalue weighted by Crippen LogP contribution is 2.08. The summed E-state index contributed by atoms with van der Waals surface area (Å²) < 4.78 is 5.72. The molecule has 0 aromatic carbocycles. The van der Waals surface area contributed by atoms with Crippen molar-refractivity contribution in [2.75, 3.05) is 19.7 Å². The van der Waals surface area contributed by atoms with Gasteiger partial charge in [0, 0.05) is 25.2 Å². The first kappa shape index (κ1) is 13.2. The number of pyridine rings is 1. The third-order valence-electron chi connectivity index (χ3n) is 3.17. The molecule has 1 N–H and O–H groups in total. The van der Waals surface area contributed by atoms with E-state index in [1.165, 1.54) is 0 Å². The van der Waals surface area contributed by atoms with Crippen LogP contribution in [0, 0.1) is 0 Å². The maximum absolute atomic E-state index is 11.7. The number of hydrogen-bond donors (Lipinski definition) is 1. The molecular weight excluding hydrogens is 228 g/mol. The molecule has 1 fully saturated rings. The van der Waals surface area contributed by atoms with Crippen LogP contribution >= 0.6 is 0 Å². The van der Waals surface area contributed by atoms with E-state index in [1.54, 1.807) is 12.4 Å². The first-order valence-corrected chi connectivity index (χ1v) is 6.57. The molecule has 0 unspecified atom stereocenters. The van der Waals surface area contributed by atoms with Crippen molar-refractivity contribution < 1.29 is 9.53 Å². The molecule has 4 heteroatoms. The Hall–Kier alpha value is -1.26. The van der Waals surface area contributed by atoms with Gasteiger partial charge in [0.05, 0.1) is 12.7 Å². The van der Waals surface area contributed by atoms with Gasteiger partial charge in [-0.2, -0.15) is 0 Å². The molecule has 0 spiro atoms. The molecule has 2 rings (SSSR count). The highest BCUT2D eigenvalue weighted by Gasteiger charge is 2.13. The Labute approximate surface area is 108 Å². The van der Waals surface area contributed by atoms with E-state index >= 15 is 0 Å². The summed E-state index contributed by atoms with van der Waals surface area (Å²) in [6, 6.07) is 3.76. The molecule has 0 atom stereocenters. The second kappa shape index (κ2) is 7.24. The van der Waals surface area contributed by atoms with Crippen LogP contribution in [0.4, 0.5) is 0 Å². The zero-order chi connectivity index (χ0) is 12.6. The molecule has 0 radical (unpaired) electrons. The number of piperidine rings is 1. The van der Waals surface area contributed by atoms with Gasteiger partial charge >= 0.3 is 0 Å². The van der Waals surface area contributed by atoms with Gasteiger partial charge in [-0.25, -0.2) is 0 Å². The summed E-state index contributed by atoms with van der Waals surface area (Å²) in [5, 5.41) is 3.29. The van der Waals surface area contributed by atoms with Crippen molar-refractivity contribution in [2.45, 2.75) is 31.8 Å². The van der Waals surface area contributed by atoms with E-state index in [-0.39, 0.29) is 5.78 Å². The topological polar surface area (TPSA) is 51.2 Å². The van der Waals surface area contributed by atoms with Crippen molar-refractivity contribution in [2.24, 2.45) is 0 Å². The largest absolute Gasteiger partial charge is 0.378 e. The normalized spacial score (nSPS) is 16.7. The molecule has 1 aliphatic rings. The minimum absolute atomic E-state index is 0.232. The van der Waals surface area contributed by atoms with Crippen molar-refractivity contribution in [3.05, 3.63) is 30.1 Å². The lowest BCUT2D eigenvalue weighted by Gasteiger charge is -2.22. The summed E-state index contributed by atoms with van der Waals surface area (Å²) in [7, 11) is 0. The number of ketones is 1. The van der Waals surface area contributed by atoms with Crippen molar-refractivity contribution in [1.29, 1.82) is 0 Å². The first-order chi connectivity index (χ1) is 8.84. The van der Waals surface area contributed by atoms with E-state index in [9.17, 15) is 4.79 Å². The third kappa shape index (κ3) is 4.55. The number of rotatable bonds is 6.